The highest BCUT2D eigenvalue weighted by Gasteiger charge is 2.40. The van der Waals surface area contributed by atoms with E-state index in [9.17, 15) is 9.59 Å². The third kappa shape index (κ3) is 5.21. The molecule has 2 rings (SSSR count). The number of alkyl carbamates (subject to hydrolysis) is 1. The zero-order valence-electron chi connectivity index (χ0n) is 12.9. The molecular formula is C16H27NO4. The molecule has 1 amide bonds. The molecule has 1 heterocycles. The van der Waals surface area contributed by atoms with Crippen molar-refractivity contribution in [3.05, 3.63) is 0 Å². The maximum Gasteiger partial charge on any atom is 0.407 e. The van der Waals surface area contributed by atoms with Crippen LogP contribution >= 0.6 is 0 Å². The Morgan fingerprint density at radius 3 is 2.67 bits per heavy atom. The SMILES string of the molecule is C[C@@H]1OC(=O)[C@@H]1NC(=O)OCCCCCC1CCCCC1. The van der Waals surface area contributed by atoms with Crippen LogP contribution in [0.25, 0.3) is 0 Å². The Balaban J connectivity index is 1.44. The summed E-state index contributed by atoms with van der Waals surface area (Å²) in [4.78, 5) is 22.5. The Kier molecular flexibility index (Phi) is 6.33. The summed E-state index contributed by atoms with van der Waals surface area (Å²) in [5.74, 6) is 0.543. The fraction of sp³-hybridized carbons (Fsp3) is 0.875. The topological polar surface area (TPSA) is 64.6 Å². The minimum absolute atomic E-state index is 0.249. The maximum atomic E-state index is 11.5. The van der Waals surface area contributed by atoms with Crippen LogP contribution in [0.3, 0.4) is 0 Å². The first-order valence-electron chi connectivity index (χ1n) is 8.30. The van der Waals surface area contributed by atoms with Crippen LogP contribution in [0.5, 0.6) is 0 Å². The molecule has 1 aliphatic heterocycles. The Labute approximate surface area is 126 Å². The first-order chi connectivity index (χ1) is 10.2. The molecule has 0 radical (unpaired) electrons. The van der Waals surface area contributed by atoms with Crippen molar-refractivity contribution in [1.29, 1.82) is 0 Å². The van der Waals surface area contributed by atoms with E-state index in [0.717, 1.165) is 18.8 Å². The van der Waals surface area contributed by atoms with Gasteiger partial charge < -0.3 is 14.8 Å². The van der Waals surface area contributed by atoms with Crippen LogP contribution in [0.4, 0.5) is 4.79 Å². The van der Waals surface area contributed by atoms with Crippen molar-refractivity contribution in [3.63, 3.8) is 0 Å². The molecule has 0 spiro atoms. The van der Waals surface area contributed by atoms with Crippen LogP contribution in [0.2, 0.25) is 0 Å². The molecule has 120 valence electrons. The van der Waals surface area contributed by atoms with Crippen molar-refractivity contribution in [2.45, 2.75) is 76.9 Å². The summed E-state index contributed by atoms with van der Waals surface area (Å²) in [5, 5.41) is 2.52. The van der Waals surface area contributed by atoms with Crippen molar-refractivity contribution in [1.82, 2.24) is 5.32 Å². The number of amides is 1. The second-order valence-corrected chi connectivity index (χ2v) is 6.25. The van der Waals surface area contributed by atoms with E-state index in [1.54, 1.807) is 6.92 Å². The summed E-state index contributed by atoms with van der Waals surface area (Å²) in [5.41, 5.74) is 0. The van der Waals surface area contributed by atoms with Crippen LogP contribution in [-0.4, -0.2) is 30.8 Å². The molecule has 1 saturated heterocycles. The van der Waals surface area contributed by atoms with Crippen molar-refractivity contribution in [2.24, 2.45) is 5.92 Å². The van der Waals surface area contributed by atoms with E-state index < -0.39 is 12.1 Å². The van der Waals surface area contributed by atoms with Crippen molar-refractivity contribution >= 4 is 12.1 Å². The minimum Gasteiger partial charge on any atom is -0.458 e. The van der Waals surface area contributed by atoms with Gasteiger partial charge in [-0.1, -0.05) is 51.4 Å². The van der Waals surface area contributed by atoms with Crippen LogP contribution in [-0.2, 0) is 14.3 Å². The third-order valence-electron chi connectivity index (χ3n) is 4.51. The highest BCUT2D eigenvalue weighted by atomic mass is 16.6. The standard InChI is InChI=1S/C16H27NO4/c1-12-14(15(18)21-12)17-16(19)20-11-7-3-6-10-13-8-4-2-5-9-13/h12-14H,2-11H2,1H3,(H,17,19)/t12-,14+/m0/s1. The molecule has 0 unspecified atom stereocenters. The van der Waals surface area contributed by atoms with E-state index in [1.165, 1.54) is 44.9 Å². The fourth-order valence-electron chi connectivity index (χ4n) is 3.14. The highest BCUT2D eigenvalue weighted by Crippen LogP contribution is 2.27. The van der Waals surface area contributed by atoms with Crippen molar-refractivity contribution in [3.8, 4) is 0 Å². The predicted molar refractivity (Wildman–Crippen MR) is 78.9 cm³/mol. The fourth-order valence-corrected chi connectivity index (χ4v) is 3.14. The molecule has 1 aliphatic carbocycles. The Morgan fingerprint density at radius 1 is 1.24 bits per heavy atom. The van der Waals surface area contributed by atoms with Gasteiger partial charge in [0.25, 0.3) is 0 Å². The van der Waals surface area contributed by atoms with Gasteiger partial charge in [0.2, 0.25) is 0 Å². The lowest BCUT2D eigenvalue weighted by atomic mass is 9.86. The van der Waals surface area contributed by atoms with E-state index in [4.69, 9.17) is 9.47 Å². The summed E-state index contributed by atoms with van der Waals surface area (Å²) in [7, 11) is 0. The Morgan fingerprint density at radius 2 is 2.00 bits per heavy atom. The summed E-state index contributed by atoms with van der Waals surface area (Å²) in [6, 6.07) is -0.538. The first kappa shape index (κ1) is 16.1. The molecule has 0 aromatic rings. The number of rotatable bonds is 7. The average molecular weight is 297 g/mol. The smallest absolute Gasteiger partial charge is 0.407 e. The molecule has 0 aromatic carbocycles. The zero-order chi connectivity index (χ0) is 15.1. The van der Waals surface area contributed by atoms with Crippen LogP contribution < -0.4 is 5.32 Å². The number of nitrogens with one attached hydrogen (secondary N) is 1. The molecule has 2 aliphatic rings. The van der Waals surface area contributed by atoms with Gasteiger partial charge in [0.1, 0.15) is 6.10 Å². The van der Waals surface area contributed by atoms with Gasteiger partial charge in [-0.15, -0.1) is 0 Å². The number of cyclic esters (lactones) is 1. The molecule has 5 nitrogen and oxygen atoms in total. The van der Waals surface area contributed by atoms with Gasteiger partial charge in [-0.2, -0.15) is 0 Å². The number of hydrogen-bond donors (Lipinski definition) is 1. The lowest BCUT2D eigenvalue weighted by Crippen LogP contribution is -2.58. The number of hydrogen-bond acceptors (Lipinski definition) is 4. The number of carbonyl (C=O) groups is 2. The van der Waals surface area contributed by atoms with E-state index in [0.29, 0.717) is 6.61 Å². The van der Waals surface area contributed by atoms with Gasteiger partial charge >= 0.3 is 12.1 Å². The average Bonchev–Trinajstić information content (AvgIpc) is 2.49. The maximum absolute atomic E-state index is 11.5. The van der Waals surface area contributed by atoms with Crippen LogP contribution in [0, 0.1) is 5.92 Å². The van der Waals surface area contributed by atoms with Gasteiger partial charge in [-0.05, 0) is 19.3 Å². The van der Waals surface area contributed by atoms with Gasteiger partial charge in [-0.3, -0.25) is 0 Å². The molecule has 21 heavy (non-hydrogen) atoms. The van der Waals surface area contributed by atoms with E-state index in [2.05, 4.69) is 5.32 Å². The van der Waals surface area contributed by atoms with Crippen molar-refractivity contribution < 1.29 is 19.1 Å². The minimum atomic E-state index is -0.538. The predicted octanol–water partition coefficient (Wildman–Crippen LogP) is 3.17. The number of esters is 1. The van der Waals surface area contributed by atoms with Gasteiger partial charge in [0.05, 0.1) is 6.61 Å². The summed E-state index contributed by atoms with van der Waals surface area (Å²) in [6.45, 7) is 2.17. The molecular weight excluding hydrogens is 270 g/mol. The quantitative estimate of drug-likeness (QED) is 0.579. The molecule has 2 atom stereocenters. The van der Waals surface area contributed by atoms with E-state index in [-0.39, 0.29) is 12.1 Å². The Bertz CT molecular complexity index is 352. The highest BCUT2D eigenvalue weighted by molar-refractivity contribution is 5.86. The molecule has 1 saturated carbocycles. The molecule has 1 N–H and O–H groups in total. The molecule has 0 aromatic heterocycles. The van der Waals surface area contributed by atoms with Crippen LogP contribution in [0.1, 0.15) is 64.7 Å². The lowest BCUT2D eigenvalue weighted by Gasteiger charge is -2.32. The third-order valence-corrected chi connectivity index (χ3v) is 4.51. The summed E-state index contributed by atoms with van der Waals surface area (Å²) >= 11 is 0. The van der Waals surface area contributed by atoms with Crippen molar-refractivity contribution in [2.75, 3.05) is 6.61 Å². The lowest BCUT2D eigenvalue weighted by molar-refractivity contribution is -0.174. The number of unbranched alkanes of at least 4 members (excludes halogenated alkanes) is 2. The largest absolute Gasteiger partial charge is 0.458 e. The zero-order valence-corrected chi connectivity index (χ0v) is 12.9. The van der Waals surface area contributed by atoms with Gasteiger partial charge in [0.15, 0.2) is 6.04 Å². The number of carbonyl (C=O) groups excluding carboxylic acids is 2. The first-order valence-corrected chi connectivity index (χ1v) is 8.30. The monoisotopic (exact) mass is 297 g/mol. The Hall–Kier alpha value is -1.26. The van der Waals surface area contributed by atoms with E-state index in [1.807, 2.05) is 0 Å². The summed E-state index contributed by atoms with van der Waals surface area (Å²) < 4.78 is 9.84. The second-order valence-electron chi connectivity index (χ2n) is 6.25. The second kappa shape index (κ2) is 8.25. The van der Waals surface area contributed by atoms with Gasteiger partial charge in [-0.25, -0.2) is 9.59 Å². The molecule has 5 heteroatoms. The number of ether oxygens (including phenoxy) is 2. The molecule has 2 fully saturated rings. The normalized spacial score (nSPS) is 25.9. The summed E-state index contributed by atoms with van der Waals surface area (Å²) in [6.07, 6.45) is 10.8. The molecule has 0 bridgehead atoms. The van der Waals surface area contributed by atoms with E-state index >= 15 is 0 Å². The van der Waals surface area contributed by atoms with Crippen LogP contribution in [0.15, 0.2) is 0 Å². The van der Waals surface area contributed by atoms with Gasteiger partial charge in [0, 0.05) is 0 Å².